The molecule has 19 atom stereocenters. The van der Waals surface area contributed by atoms with Crippen LogP contribution in [-0.4, -0.2) is 109 Å². The van der Waals surface area contributed by atoms with Crippen molar-refractivity contribution in [3.8, 4) is 0 Å². The van der Waals surface area contributed by atoms with Crippen LogP contribution in [0.25, 0.3) is 0 Å². The summed E-state index contributed by atoms with van der Waals surface area (Å²) < 4.78 is 39.7. The van der Waals surface area contributed by atoms with E-state index in [4.69, 9.17) is 28.4 Å². The fourth-order valence-electron chi connectivity index (χ4n) is 13.3. The Bertz CT molecular complexity index is 2060. The Morgan fingerprint density at radius 1 is 0.881 bits per heavy atom. The second-order valence-corrected chi connectivity index (χ2v) is 19.0. The van der Waals surface area contributed by atoms with Crippen molar-refractivity contribution in [3.05, 3.63) is 96.1 Å². The summed E-state index contributed by atoms with van der Waals surface area (Å²) in [5.41, 5.74) is -8.50. The molecule has 10 aliphatic rings. The third kappa shape index (κ3) is 5.17. The van der Waals surface area contributed by atoms with Crippen LogP contribution in [0.2, 0.25) is 0 Å². The number of benzene rings is 2. The number of ether oxygens (including phenoxy) is 6. The van der Waals surface area contributed by atoms with Crippen LogP contribution >= 0.6 is 0 Å². The molecular formula is C46H54O13. The number of aliphatic hydroxyl groups is 5. The van der Waals surface area contributed by atoms with Crippen LogP contribution in [0, 0.1) is 41.4 Å². The van der Waals surface area contributed by atoms with E-state index in [1.165, 1.54) is 12.2 Å². The van der Waals surface area contributed by atoms with Gasteiger partial charge in [-0.1, -0.05) is 81.5 Å². The van der Waals surface area contributed by atoms with E-state index in [2.05, 4.69) is 6.92 Å². The van der Waals surface area contributed by atoms with Gasteiger partial charge < -0.3 is 54.0 Å². The van der Waals surface area contributed by atoms with E-state index < -0.39 is 113 Å². The first-order valence-corrected chi connectivity index (χ1v) is 21.2. The smallest absolute Gasteiger partial charge is 0.338 e. The number of fused-ring (bicyclic) bond motifs is 6. The number of esters is 2. The molecule has 6 aliphatic heterocycles. The van der Waals surface area contributed by atoms with Crippen LogP contribution in [-0.2, 0) is 39.2 Å². The first-order chi connectivity index (χ1) is 28.1. The van der Waals surface area contributed by atoms with Crippen LogP contribution in [0.3, 0.4) is 0 Å². The van der Waals surface area contributed by atoms with Crippen LogP contribution < -0.4 is 0 Å². The largest absolute Gasteiger partial charge is 0.456 e. The van der Waals surface area contributed by atoms with Gasteiger partial charge in [0.1, 0.15) is 53.4 Å². The number of rotatable bonds is 4. The van der Waals surface area contributed by atoms with Crippen molar-refractivity contribution >= 4 is 11.9 Å². The van der Waals surface area contributed by atoms with Gasteiger partial charge in [0, 0.05) is 35.3 Å². The van der Waals surface area contributed by atoms with Crippen molar-refractivity contribution in [2.24, 2.45) is 41.4 Å². The van der Waals surface area contributed by atoms with Gasteiger partial charge in [-0.2, -0.15) is 0 Å². The predicted molar refractivity (Wildman–Crippen MR) is 207 cm³/mol. The zero-order chi connectivity index (χ0) is 41.5. The van der Waals surface area contributed by atoms with Crippen molar-refractivity contribution in [1.29, 1.82) is 0 Å². The number of epoxide rings is 1. The number of allylic oxidation sites excluding steroid dienone is 2. The fourth-order valence-corrected chi connectivity index (χ4v) is 13.3. The van der Waals surface area contributed by atoms with E-state index in [1.807, 2.05) is 38.1 Å². The van der Waals surface area contributed by atoms with Gasteiger partial charge in [-0.25, -0.2) is 9.59 Å². The van der Waals surface area contributed by atoms with Crippen molar-refractivity contribution in [2.45, 2.75) is 124 Å². The molecule has 2 aromatic carbocycles. The lowest BCUT2D eigenvalue weighted by Gasteiger charge is -2.74. The van der Waals surface area contributed by atoms with Crippen molar-refractivity contribution in [3.63, 3.8) is 0 Å². The lowest BCUT2D eigenvalue weighted by atomic mass is 9.49. The molecule has 316 valence electrons. The Hall–Kier alpha value is -3.50. The highest BCUT2D eigenvalue weighted by molar-refractivity contribution is 5.89. The molecule has 4 saturated heterocycles. The van der Waals surface area contributed by atoms with Crippen LogP contribution in [0.4, 0.5) is 0 Å². The Morgan fingerprint density at radius 3 is 2.29 bits per heavy atom. The molecule has 8 fully saturated rings. The molecule has 12 rings (SSSR count). The minimum absolute atomic E-state index is 0.102. The molecule has 4 saturated carbocycles. The summed E-state index contributed by atoms with van der Waals surface area (Å²) in [6.07, 6.45) is 0.608. The van der Waals surface area contributed by atoms with E-state index in [0.29, 0.717) is 24.0 Å². The van der Waals surface area contributed by atoms with Crippen molar-refractivity contribution < 1.29 is 63.5 Å². The maximum atomic E-state index is 13.7. The number of hydrogen-bond donors (Lipinski definition) is 5. The SMILES string of the molecule is C[C@H]1[C@@H]2CC[C@@H]1[C@@H](OC(=O)c1ccccc1)/C=C\C=C/C(=O)O[C@H]1[C@@H](C)C[C@@H]3[C@]1(O)[C@H](O)[C@@]1(CO)O[C@H]1[C@H]1[C@H]4O[C@]5(c6ccccc6)O[C@@H]([C@@H](C)[C@@]13O5)[C@@]4(O)[C@](C)(O)C2. The van der Waals surface area contributed by atoms with Crippen LogP contribution in [0.1, 0.15) is 69.3 Å². The first-order valence-electron chi connectivity index (χ1n) is 21.2. The van der Waals surface area contributed by atoms with Gasteiger partial charge in [-0.15, -0.1) is 0 Å². The molecule has 0 aromatic heterocycles. The van der Waals surface area contributed by atoms with Crippen molar-refractivity contribution in [1.82, 2.24) is 0 Å². The molecule has 4 aliphatic carbocycles. The molecule has 6 heterocycles. The molecule has 11 bridgehead atoms. The van der Waals surface area contributed by atoms with Crippen LogP contribution in [0.15, 0.2) is 85.0 Å². The fraction of sp³-hybridized carbons (Fsp3) is 0.609. The minimum Gasteiger partial charge on any atom is -0.456 e. The van der Waals surface area contributed by atoms with E-state index in [9.17, 15) is 35.1 Å². The van der Waals surface area contributed by atoms with E-state index in [0.717, 1.165) is 0 Å². The third-order valence-corrected chi connectivity index (χ3v) is 16.2. The molecule has 0 unspecified atom stereocenters. The Morgan fingerprint density at radius 2 is 1.58 bits per heavy atom. The standard InChI is InChI=1S/C46H54O13/c1-24-21-32-43(52)35(24)55-33(48)18-12-11-17-31(54-39(49)27-13-7-5-8-14-27)30-20-19-28(25(30)2)22-41(4,51)45(53)36-26(3)44(32)34(37-42(23-47,56-37)40(43)50)38(45)58-46(57-36,59-44)29-15-9-6-10-16-29/h5-18,24-26,28,30-32,34-38,40,47,50-53H,19-23H2,1-4H3/b17-11-,18-12-/t24-,25-,26+,28+,30-,31-,32+,34-,35-,36-,37-,38+,40+,41+,42-,43+,44-,45-,46-/m0/s1. The number of aliphatic hydroxyl groups excluding tert-OH is 2. The average molecular weight is 815 g/mol. The number of carbonyl (C=O) groups is 2. The monoisotopic (exact) mass is 814 g/mol. The zero-order valence-corrected chi connectivity index (χ0v) is 33.6. The molecule has 5 N–H and O–H groups in total. The maximum absolute atomic E-state index is 13.7. The quantitative estimate of drug-likeness (QED) is 0.223. The molecule has 59 heavy (non-hydrogen) atoms. The highest BCUT2D eigenvalue weighted by Crippen LogP contribution is 2.75. The van der Waals surface area contributed by atoms with Crippen molar-refractivity contribution in [2.75, 3.05) is 6.61 Å². The van der Waals surface area contributed by atoms with Gasteiger partial charge in [0.25, 0.3) is 0 Å². The molecule has 0 amide bonds. The van der Waals surface area contributed by atoms with Crippen LogP contribution in [0.5, 0.6) is 0 Å². The lowest BCUT2D eigenvalue weighted by Crippen LogP contribution is -2.89. The summed E-state index contributed by atoms with van der Waals surface area (Å²) in [5, 5.41) is 63.4. The second kappa shape index (κ2) is 13.3. The Balaban J connectivity index is 1.14. The van der Waals surface area contributed by atoms with E-state index in [-0.39, 0.29) is 30.6 Å². The molecular weight excluding hydrogens is 760 g/mol. The highest BCUT2D eigenvalue weighted by Gasteiger charge is 2.91. The molecule has 1 spiro atoms. The highest BCUT2D eigenvalue weighted by atomic mass is 16.9. The molecule has 13 heteroatoms. The van der Waals surface area contributed by atoms with Gasteiger partial charge >= 0.3 is 17.9 Å². The average Bonchev–Trinajstić information content (AvgIpc) is 3.79. The predicted octanol–water partition coefficient (Wildman–Crippen LogP) is 3.31. The normalized spacial score (nSPS) is 52.8. The van der Waals surface area contributed by atoms with E-state index >= 15 is 0 Å². The zero-order valence-electron chi connectivity index (χ0n) is 33.6. The van der Waals surface area contributed by atoms with Gasteiger partial charge in [0.15, 0.2) is 0 Å². The van der Waals surface area contributed by atoms with Gasteiger partial charge in [-0.3, -0.25) is 0 Å². The molecule has 2 aromatic rings. The summed E-state index contributed by atoms with van der Waals surface area (Å²) in [5.74, 6) is -6.79. The third-order valence-electron chi connectivity index (χ3n) is 16.2. The molecule has 0 radical (unpaired) electrons. The first kappa shape index (κ1) is 39.6. The van der Waals surface area contributed by atoms with Gasteiger partial charge in [-0.05, 0) is 68.6 Å². The van der Waals surface area contributed by atoms with Gasteiger partial charge in [0.05, 0.1) is 23.4 Å². The topological polar surface area (TPSA) is 194 Å². The minimum atomic E-state index is -2.22. The summed E-state index contributed by atoms with van der Waals surface area (Å²) in [6, 6.07) is 17.7. The molecule has 13 nitrogen and oxygen atoms in total. The number of hydrogen-bond acceptors (Lipinski definition) is 13. The summed E-state index contributed by atoms with van der Waals surface area (Å²) in [4.78, 5) is 27.2. The Kier molecular flexibility index (Phi) is 8.90. The summed E-state index contributed by atoms with van der Waals surface area (Å²) >= 11 is 0. The van der Waals surface area contributed by atoms with E-state index in [1.54, 1.807) is 55.5 Å². The Labute approximate surface area is 342 Å². The second-order valence-electron chi connectivity index (χ2n) is 19.0. The lowest BCUT2D eigenvalue weighted by molar-refractivity contribution is -0.595. The maximum Gasteiger partial charge on any atom is 0.338 e. The van der Waals surface area contributed by atoms with Gasteiger partial charge in [0.2, 0.25) is 0 Å². The number of carbonyl (C=O) groups excluding carboxylic acids is 2. The summed E-state index contributed by atoms with van der Waals surface area (Å²) in [6.45, 7) is 6.66. The summed E-state index contributed by atoms with van der Waals surface area (Å²) in [7, 11) is 0.